The molecular formula is C17H13ClF3N3O. The molecule has 3 rings (SSSR count). The largest absolute Gasteiger partial charge is 0.444 e. The van der Waals surface area contributed by atoms with Crippen molar-refractivity contribution in [1.29, 1.82) is 0 Å². The third kappa shape index (κ3) is 4.30. The predicted molar refractivity (Wildman–Crippen MR) is 88.4 cm³/mol. The first-order valence-corrected chi connectivity index (χ1v) is 7.78. The minimum absolute atomic E-state index is 0.0834. The molecule has 130 valence electrons. The van der Waals surface area contributed by atoms with Crippen molar-refractivity contribution in [3.63, 3.8) is 0 Å². The summed E-state index contributed by atoms with van der Waals surface area (Å²) in [5, 5.41) is 2.81. The van der Waals surface area contributed by atoms with E-state index in [2.05, 4.69) is 15.3 Å². The van der Waals surface area contributed by atoms with Crippen molar-refractivity contribution in [3.05, 3.63) is 65.1 Å². The molecule has 8 heteroatoms. The molecule has 0 aliphatic heterocycles. The van der Waals surface area contributed by atoms with Gasteiger partial charge < -0.3 is 9.73 Å². The molecule has 0 spiro atoms. The van der Waals surface area contributed by atoms with Crippen LogP contribution in [0, 0.1) is 0 Å². The minimum atomic E-state index is -4.47. The van der Waals surface area contributed by atoms with Crippen LogP contribution < -0.4 is 5.32 Å². The monoisotopic (exact) mass is 367 g/mol. The Hall–Kier alpha value is -2.54. The summed E-state index contributed by atoms with van der Waals surface area (Å²) in [6.07, 6.45) is -1.66. The smallest absolute Gasteiger partial charge is 0.417 e. The molecule has 0 fully saturated rings. The molecule has 2 heterocycles. The second-order valence-electron chi connectivity index (χ2n) is 5.24. The van der Waals surface area contributed by atoms with Crippen LogP contribution in [0.3, 0.4) is 0 Å². The highest BCUT2D eigenvalue weighted by Gasteiger charge is 2.31. The van der Waals surface area contributed by atoms with Gasteiger partial charge in [-0.15, -0.1) is 0 Å². The van der Waals surface area contributed by atoms with E-state index in [1.807, 2.05) is 30.3 Å². The van der Waals surface area contributed by atoms with Crippen LogP contribution in [0.2, 0.25) is 5.02 Å². The second kappa shape index (κ2) is 7.14. The van der Waals surface area contributed by atoms with Crippen molar-refractivity contribution in [2.24, 2.45) is 0 Å². The van der Waals surface area contributed by atoms with Crippen molar-refractivity contribution < 1.29 is 17.6 Å². The maximum absolute atomic E-state index is 12.6. The lowest BCUT2D eigenvalue weighted by Gasteiger charge is -2.10. The first-order chi connectivity index (χ1) is 11.9. The fourth-order valence-corrected chi connectivity index (χ4v) is 2.40. The second-order valence-corrected chi connectivity index (χ2v) is 5.65. The Labute approximate surface area is 146 Å². The third-order valence-corrected chi connectivity index (χ3v) is 3.70. The Morgan fingerprint density at radius 3 is 2.60 bits per heavy atom. The maximum Gasteiger partial charge on any atom is 0.417 e. The van der Waals surface area contributed by atoms with Gasteiger partial charge in [0.1, 0.15) is 12.1 Å². The quantitative estimate of drug-likeness (QED) is 0.684. The number of nitrogens with one attached hydrogen (secondary N) is 1. The molecule has 0 aliphatic carbocycles. The Bertz CT molecular complexity index is 850. The van der Waals surface area contributed by atoms with Crippen LogP contribution in [0.4, 0.5) is 19.0 Å². The van der Waals surface area contributed by atoms with Crippen molar-refractivity contribution in [2.75, 3.05) is 11.9 Å². The summed E-state index contributed by atoms with van der Waals surface area (Å²) in [6.45, 7) is 0.402. The van der Waals surface area contributed by atoms with Gasteiger partial charge in [-0.3, -0.25) is 0 Å². The molecule has 25 heavy (non-hydrogen) atoms. The number of rotatable bonds is 5. The standard InChI is InChI=1S/C17H13ClF3N3O/c18-14-8-12(17(19,20)21)9-23-15(14)22-7-6-13-10-25-16(24-13)11-4-2-1-3-5-11/h1-5,8-10H,6-7H2,(H,22,23). The molecular weight excluding hydrogens is 355 g/mol. The number of benzene rings is 1. The van der Waals surface area contributed by atoms with Crippen LogP contribution in [-0.2, 0) is 12.6 Å². The zero-order valence-electron chi connectivity index (χ0n) is 12.8. The fraction of sp³-hybridized carbons (Fsp3) is 0.176. The average Bonchev–Trinajstić information content (AvgIpc) is 3.05. The first-order valence-electron chi connectivity index (χ1n) is 7.40. The van der Waals surface area contributed by atoms with E-state index in [0.29, 0.717) is 18.9 Å². The Kier molecular flexibility index (Phi) is 4.94. The van der Waals surface area contributed by atoms with Crippen LogP contribution >= 0.6 is 11.6 Å². The molecule has 0 bridgehead atoms. The molecule has 0 saturated heterocycles. The van der Waals surface area contributed by atoms with E-state index in [4.69, 9.17) is 16.0 Å². The van der Waals surface area contributed by atoms with Crippen molar-refractivity contribution in [1.82, 2.24) is 9.97 Å². The number of hydrogen-bond acceptors (Lipinski definition) is 4. The molecule has 1 N–H and O–H groups in total. The van der Waals surface area contributed by atoms with E-state index >= 15 is 0 Å². The Morgan fingerprint density at radius 1 is 1.16 bits per heavy atom. The van der Waals surface area contributed by atoms with Gasteiger partial charge in [-0.25, -0.2) is 9.97 Å². The number of halogens is 4. The molecule has 0 amide bonds. The van der Waals surface area contributed by atoms with E-state index in [1.54, 1.807) is 6.26 Å². The van der Waals surface area contributed by atoms with E-state index in [0.717, 1.165) is 23.5 Å². The van der Waals surface area contributed by atoms with Gasteiger partial charge in [0.25, 0.3) is 0 Å². The number of alkyl halides is 3. The molecule has 0 aliphatic rings. The van der Waals surface area contributed by atoms with Crippen LogP contribution in [0.15, 0.2) is 53.3 Å². The number of oxazole rings is 1. The van der Waals surface area contributed by atoms with E-state index in [-0.39, 0.29) is 10.8 Å². The van der Waals surface area contributed by atoms with Crippen molar-refractivity contribution in [2.45, 2.75) is 12.6 Å². The lowest BCUT2D eigenvalue weighted by Crippen LogP contribution is -2.10. The van der Waals surface area contributed by atoms with E-state index in [9.17, 15) is 13.2 Å². The number of anilines is 1. The topological polar surface area (TPSA) is 51.0 Å². The lowest BCUT2D eigenvalue weighted by atomic mass is 10.2. The minimum Gasteiger partial charge on any atom is -0.444 e. The summed E-state index contributed by atoms with van der Waals surface area (Å²) in [7, 11) is 0. The van der Waals surface area contributed by atoms with Gasteiger partial charge in [0, 0.05) is 24.7 Å². The SMILES string of the molecule is FC(F)(F)c1cnc(NCCc2coc(-c3ccccc3)n2)c(Cl)c1. The number of nitrogens with zero attached hydrogens (tertiary/aromatic N) is 2. The molecule has 4 nitrogen and oxygen atoms in total. The summed E-state index contributed by atoms with van der Waals surface area (Å²) >= 11 is 5.84. The van der Waals surface area contributed by atoms with Crippen molar-refractivity contribution in [3.8, 4) is 11.5 Å². The molecule has 0 atom stereocenters. The summed E-state index contributed by atoms with van der Waals surface area (Å²) in [6, 6.07) is 10.3. The van der Waals surface area contributed by atoms with Gasteiger partial charge in [0.15, 0.2) is 0 Å². The van der Waals surface area contributed by atoms with Gasteiger partial charge in [0.05, 0.1) is 16.3 Å². The van der Waals surface area contributed by atoms with Crippen LogP contribution in [0.25, 0.3) is 11.5 Å². The van der Waals surface area contributed by atoms with Crippen LogP contribution in [-0.4, -0.2) is 16.5 Å². The lowest BCUT2D eigenvalue weighted by molar-refractivity contribution is -0.137. The van der Waals surface area contributed by atoms with Gasteiger partial charge in [-0.2, -0.15) is 13.2 Å². The number of pyridine rings is 1. The molecule has 3 aromatic rings. The molecule has 0 saturated carbocycles. The highest BCUT2D eigenvalue weighted by atomic mass is 35.5. The summed E-state index contributed by atoms with van der Waals surface area (Å²) < 4.78 is 43.2. The normalized spacial score (nSPS) is 11.5. The molecule has 0 unspecified atom stereocenters. The van der Waals surface area contributed by atoms with E-state index < -0.39 is 11.7 Å². The summed E-state index contributed by atoms with van der Waals surface area (Å²) in [5.41, 5.74) is 0.704. The summed E-state index contributed by atoms with van der Waals surface area (Å²) in [4.78, 5) is 8.09. The number of hydrogen-bond donors (Lipinski definition) is 1. The highest BCUT2D eigenvalue weighted by molar-refractivity contribution is 6.32. The zero-order valence-corrected chi connectivity index (χ0v) is 13.6. The van der Waals surface area contributed by atoms with Gasteiger partial charge in [-0.05, 0) is 18.2 Å². The van der Waals surface area contributed by atoms with E-state index in [1.165, 1.54) is 0 Å². The Balaban J connectivity index is 1.59. The van der Waals surface area contributed by atoms with Crippen LogP contribution in [0.1, 0.15) is 11.3 Å². The Morgan fingerprint density at radius 2 is 1.92 bits per heavy atom. The predicted octanol–water partition coefficient (Wildman–Crippen LogP) is 5.06. The molecule has 1 aromatic carbocycles. The fourth-order valence-electron chi connectivity index (χ4n) is 2.17. The summed E-state index contributed by atoms with van der Waals surface area (Å²) in [5.74, 6) is 0.711. The van der Waals surface area contributed by atoms with Crippen LogP contribution in [0.5, 0.6) is 0 Å². The average molecular weight is 368 g/mol. The maximum atomic E-state index is 12.6. The molecule has 2 aromatic heterocycles. The van der Waals surface area contributed by atoms with Gasteiger partial charge in [0.2, 0.25) is 5.89 Å². The highest BCUT2D eigenvalue weighted by Crippen LogP contribution is 2.32. The first kappa shape index (κ1) is 17.3. The van der Waals surface area contributed by atoms with Gasteiger partial charge >= 0.3 is 6.18 Å². The third-order valence-electron chi connectivity index (χ3n) is 3.41. The molecule has 0 radical (unpaired) electrons. The van der Waals surface area contributed by atoms with Crippen molar-refractivity contribution >= 4 is 17.4 Å². The van der Waals surface area contributed by atoms with Gasteiger partial charge in [-0.1, -0.05) is 29.8 Å². The number of aromatic nitrogens is 2. The zero-order chi connectivity index (χ0) is 17.9.